The fraction of sp³-hybridized carbons (Fsp3) is 0.188. The molecule has 0 bridgehead atoms. The van der Waals surface area contributed by atoms with Gasteiger partial charge >= 0.3 is 5.97 Å². The number of hydrogen-bond acceptors (Lipinski definition) is 2. The van der Waals surface area contributed by atoms with Crippen LogP contribution in [0.4, 0.5) is 0 Å². The molecule has 0 aliphatic heterocycles. The molecule has 104 valence electrons. The molecule has 0 saturated heterocycles. The lowest BCUT2D eigenvalue weighted by molar-refractivity contribution is 0.0696. The van der Waals surface area contributed by atoms with E-state index >= 15 is 0 Å². The van der Waals surface area contributed by atoms with Gasteiger partial charge in [0.25, 0.3) is 0 Å². The van der Waals surface area contributed by atoms with Crippen LogP contribution in [0.2, 0.25) is 5.02 Å². The Morgan fingerprint density at radius 3 is 2.15 bits per heavy atom. The summed E-state index contributed by atoms with van der Waals surface area (Å²) in [6.45, 7) is 5.59. The van der Waals surface area contributed by atoms with Gasteiger partial charge in [0.1, 0.15) is 11.5 Å². The van der Waals surface area contributed by atoms with Crippen molar-refractivity contribution in [1.82, 2.24) is 0 Å². The number of aryl methyl sites for hydroxylation is 3. The average Bonchev–Trinajstić information content (AvgIpc) is 2.33. The van der Waals surface area contributed by atoms with E-state index in [-0.39, 0.29) is 5.56 Å². The van der Waals surface area contributed by atoms with Gasteiger partial charge in [-0.2, -0.15) is 0 Å². The zero-order chi connectivity index (χ0) is 14.9. The zero-order valence-electron chi connectivity index (χ0n) is 11.5. The highest BCUT2D eigenvalue weighted by atomic mass is 35.5. The Bertz CT molecular complexity index is 654. The van der Waals surface area contributed by atoms with Crippen molar-refractivity contribution in [2.45, 2.75) is 20.8 Å². The van der Waals surface area contributed by atoms with Crippen LogP contribution in [0.1, 0.15) is 27.0 Å². The molecule has 2 rings (SSSR count). The van der Waals surface area contributed by atoms with Crippen molar-refractivity contribution in [2.75, 3.05) is 0 Å². The number of carbonyl (C=O) groups is 1. The molecule has 0 atom stereocenters. The van der Waals surface area contributed by atoms with Crippen LogP contribution in [-0.4, -0.2) is 11.1 Å². The number of carboxylic acids is 1. The first-order valence-corrected chi connectivity index (χ1v) is 6.55. The van der Waals surface area contributed by atoms with Crippen molar-refractivity contribution in [3.63, 3.8) is 0 Å². The summed E-state index contributed by atoms with van der Waals surface area (Å²) in [7, 11) is 0. The molecule has 1 N–H and O–H groups in total. The second-order valence-electron chi connectivity index (χ2n) is 4.75. The van der Waals surface area contributed by atoms with Gasteiger partial charge < -0.3 is 9.84 Å². The van der Waals surface area contributed by atoms with Crippen LogP contribution < -0.4 is 4.74 Å². The van der Waals surface area contributed by atoms with Crippen molar-refractivity contribution in [1.29, 1.82) is 0 Å². The second kappa shape index (κ2) is 5.55. The smallest absolute Gasteiger partial charge is 0.335 e. The van der Waals surface area contributed by atoms with Crippen LogP contribution >= 0.6 is 11.6 Å². The number of hydrogen-bond donors (Lipinski definition) is 1. The molecule has 0 heterocycles. The first-order valence-electron chi connectivity index (χ1n) is 6.17. The Kier molecular flexibility index (Phi) is 4.00. The van der Waals surface area contributed by atoms with Crippen LogP contribution in [0.3, 0.4) is 0 Å². The molecular formula is C16H15ClO3. The van der Waals surface area contributed by atoms with E-state index in [1.807, 2.05) is 26.0 Å². The Labute approximate surface area is 122 Å². The maximum atomic E-state index is 11.0. The monoisotopic (exact) mass is 290 g/mol. The Morgan fingerprint density at radius 2 is 1.65 bits per heavy atom. The van der Waals surface area contributed by atoms with Gasteiger partial charge in [0, 0.05) is 5.02 Å². The minimum absolute atomic E-state index is 0.280. The Morgan fingerprint density at radius 1 is 1.05 bits per heavy atom. The minimum atomic E-state index is -0.937. The minimum Gasteiger partial charge on any atom is -0.478 e. The lowest BCUT2D eigenvalue weighted by Gasteiger charge is -2.13. The third kappa shape index (κ3) is 2.94. The van der Waals surface area contributed by atoms with Gasteiger partial charge in [-0.25, -0.2) is 4.79 Å². The lowest BCUT2D eigenvalue weighted by Crippen LogP contribution is -2.00. The molecule has 0 fully saturated rings. The number of rotatable bonds is 3. The van der Waals surface area contributed by atoms with Gasteiger partial charge in [0.15, 0.2) is 0 Å². The van der Waals surface area contributed by atoms with Crippen LogP contribution in [0.15, 0.2) is 30.3 Å². The summed E-state index contributed by atoms with van der Waals surface area (Å²) in [4.78, 5) is 11.0. The molecule has 3 nitrogen and oxygen atoms in total. The predicted octanol–water partition coefficient (Wildman–Crippen LogP) is 4.76. The first-order chi connectivity index (χ1) is 9.38. The summed E-state index contributed by atoms with van der Waals surface area (Å²) < 4.78 is 5.86. The van der Waals surface area contributed by atoms with Crippen molar-refractivity contribution in [3.05, 3.63) is 57.6 Å². The van der Waals surface area contributed by atoms with E-state index in [0.717, 1.165) is 16.9 Å². The summed E-state index contributed by atoms with van der Waals surface area (Å²) in [5.74, 6) is 0.422. The third-order valence-electron chi connectivity index (χ3n) is 3.07. The van der Waals surface area contributed by atoms with Crippen molar-refractivity contribution >= 4 is 17.6 Å². The molecule has 0 spiro atoms. The standard InChI is InChI=1S/C16H15ClO3/c1-9-8-13(4-5-14(9)16(18)19)20-15-10(2)6-12(17)7-11(15)3/h4-8H,1-3H3,(H,18,19). The molecular weight excluding hydrogens is 276 g/mol. The van der Waals surface area contributed by atoms with Crippen LogP contribution in [-0.2, 0) is 0 Å². The highest BCUT2D eigenvalue weighted by molar-refractivity contribution is 6.30. The summed E-state index contributed by atoms with van der Waals surface area (Å²) in [5.41, 5.74) is 2.83. The molecule has 0 aliphatic rings. The second-order valence-corrected chi connectivity index (χ2v) is 5.19. The van der Waals surface area contributed by atoms with Crippen molar-refractivity contribution < 1.29 is 14.6 Å². The molecule has 0 aliphatic carbocycles. The number of halogens is 1. The van der Waals surface area contributed by atoms with Crippen molar-refractivity contribution in [2.24, 2.45) is 0 Å². The van der Waals surface area contributed by atoms with Gasteiger partial charge in [0.05, 0.1) is 5.56 Å². The molecule has 0 saturated carbocycles. The Balaban J connectivity index is 2.36. The van der Waals surface area contributed by atoms with E-state index < -0.39 is 5.97 Å². The normalized spacial score (nSPS) is 10.4. The topological polar surface area (TPSA) is 46.5 Å². The first kappa shape index (κ1) is 14.4. The maximum Gasteiger partial charge on any atom is 0.335 e. The summed E-state index contributed by atoms with van der Waals surface area (Å²) in [6.07, 6.45) is 0. The summed E-state index contributed by atoms with van der Waals surface area (Å²) in [6, 6.07) is 8.60. The van der Waals surface area contributed by atoms with Crippen molar-refractivity contribution in [3.8, 4) is 11.5 Å². The number of carboxylic acid groups (broad SMARTS) is 1. The quantitative estimate of drug-likeness (QED) is 0.887. The lowest BCUT2D eigenvalue weighted by atomic mass is 10.1. The largest absolute Gasteiger partial charge is 0.478 e. The maximum absolute atomic E-state index is 11.0. The molecule has 2 aromatic carbocycles. The molecule has 0 aromatic heterocycles. The Hall–Kier alpha value is -2.00. The molecule has 0 amide bonds. The summed E-state index contributed by atoms with van der Waals surface area (Å²) >= 11 is 5.99. The van der Waals surface area contributed by atoms with E-state index in [4.69, 9.17) is 21.4 Å². The van der Waals surface area contributed by atoms with E-state index in [2.05, 4.69) is 0 Å². The van der Waals surface area contributed by atoms with Gasteiger partial charge in [-0.1, -0.05) is 11.6 Å². The molecule has 0 unspecified atom stereocenters. The fourth-order valence-electron chi connectivity index (χ4n) is 2.12. The van der Waals surface area contributed by atoms with Gasteiger partial charge in [0.2, 0.25) is 0 Å². The van der Waals surface area contributed by atoms with E-state index in [1.165, 1.54) is 0 Å². The van der Waals surface area contributed by atoms with Crippen LogP contribution in [0.5, 0.6) is 11.5 Å². The van der Waals surface area contributed by atoms with Crippen LogP contribution in [0.25, 0.3) is 0 Å². The molecule has 2 aromatic rings. The highest BCUT2D eigenvalue weighted by Gasteiger charge is 2.10. The van der Waals surface area contributed by atoms with E-state index in [9.17, 15) is 4.79 Å². The number of ether oxygens (including phenoxy) is 1. The van der Waals surface area contributed by atoms with E-state index in [0.29, 0.717) is 16.3 Å². The van der Waals surface area contributed by atoms with Gasteiger partial charge in [-0.3, -0.25) is 0 Å². The summed E-state index contributed by atoms with van der Waals surface area (Å²) in [5, 5.41) is 9.68. The van der Waals surface area contributed by atoms with Gasteiger partial charge in [-0.05, 0) is 67.8 Å². The average molecular weight is 291 g/mol. The van der Waals surface area contributed by atoms with Gasteiger partial charge in [-0.15, -0.1) is 0 Å². The van der Waals surface area contributed by atoms with Crippen LogP contribution in [0, 0.1) is 20.8 Å². The molecule has 4 heteroatoms. The van der Waals surface area contributed by atoms with E-state index in [1.54, 1.807) is 25.1 Å². The highest BCUT2D eigenvalue weighted by Crippen LogP contribution is 2.32. The number of benzene rings is 2. The number of aromatic carboxylic acids is 1. The molecule has 20 heavy (non-hydrogen) atoms. The zero-order valence-corrected chi connectivity index (χ0v) is 12.3. The SMILES string of the molecule is Cc1cc(Oc2c(C)cc(Cl)cc2C)ccc1C(=O)O. The fourth-order valence-corrected chi connectivity index (χ4v) is 2.44. The predicted molar refractivity (Wildman–Crippen MR) is 79.1 cm³/mol. The molecule has 0 radical (unpaired) electrons. The third-order valence-corrected chi connectivity index (χ3v) is 3.29.